The molecule has 0 aromatic carbocycles. The molecule has 0 spiro atoms. The maximum Gasteiger partial charge on any atom is 0.329 e. The van der Waals surface area contributed by atoms with Crippen molar-refractivity contribution in [2.75, 3.05) is 32.8 Å². The number of ether oxygens (including phenoxy) is 1. The molecular formula is C13H26N2O5S. The van der Waals surface area contributed by atoms with E-state index in [1.807, 2.05) is 13.8 Å². The highest BCUT2D eigenvalue weighted by Gasteiger charge is 2.32. The first-order valence-electron chi connectivity index (χ1n) is 7.50. The second kappa shape index (κ2) is 8.67. The number of carboxylic acid groups (broad SMARTS) is 1. The molecule has 7 nitrogen and oxygen atoms in total. The van der Waals surface area contributed by atoms with Gasteiger partial charge in [-0.25, -0.2) is 4.79 Å². The van der Waals surface area contributed by atoms with E-state index >= 15 is 0 Å². The van der Waals surface area contributed by atoms with Crippen LogP contribution in [0, 0.1) is 0 Å². The Labute approximate surface area is 127 Å². The monoisotopic (exact) mass is 322 g/mol. The van der Waals surface area contributed by atoms with Gasteiger partial charge in [0, 0.05) is 26.2 Å². The number of carboxylic acids is 1. The molecule has 0 unspecified atom stereocenters. The lowest BCUT2D eigenvalue weighted by Crippen LogP contribution is -2.48. The third kappa shape index (κ3) is 5.54. The van der Waals surface area contributed by atoms with Crippen molar-refractivity contribution in [2.24, 2.45) is 0 Å². The summed E-state index contributed by atoms with van der Waals surface area (Å²) in [4.78, 5) is 10.5. The lowest BCUT2D eigenvalue weighted by Gasteiger charge is -2.34. The fourth-order valence-electron chi connectivity index (χ4n) is 2.42. The average Bonchev–Trinajstić information content (AvgIpc) is 2.45. The normalized spacial score (nSPS) is 18.2. The summed E-state index contributed by atoms with van der Waals surface area (Å²) in [5.74, 6) is -0.998. The first-order chi connectivity index (χ1) is 9.91. The fourth-order valence-corrected chi connectivity index (χ4v) is 4.25. The predicted octanol–water partition coefficient (Wildman–Crippen LogP) is 0.919. The number of piperidine rings is 1. The minimum Gasteiger partial charge on any atom is -0.480 e. The molecule has 0 aromatic rings. The number of nitrogens with zero attached hydrogens (tertiary/aromatic N) is 2. The van der Waals surface area contributed by atoms with Gasteiger partial charge < -0.3 is 9.84 Å². The van der Waals surface area contributed by atoms with Crippen LogP contribution in [-0.2, 0) is 19.7 Å². The summed E-state index contributed by atoms with van der Waals surface area (Å²) in [7, 11) is -3.41. The smallest absolute Gasteiger partial charge is 0.329 e. The zero-order valence-electron chi connectivity index (χ0n) is 12.8. The minimum atomic E-state index is -3.41. The number of aliphatic carboxylic acids is 1. The van der Waals surface area contributed by atoms with Crippen molar-refractivity contribution in [2.45, 2.75) is 45.6 Å². The van der Waals surface area contributed by atoms with Crippen molar-refractivity contribution in [3.8, 4) is 0 Å². The Hall–Kier alpha value is -0.700. The van der Waals surface area contributed by atoms with Crippen molar-refractivity contribution < 1.29 is 23.1 Å². The molecule has 0 aliphatic carbocycles. The quantitative estimate of drug-likeness (QED) is 0.682. The third-order valence-electron chi connectivity index (χ3n) is 3.44. The summed E-state index contributed by atoms with van der Waals surface area (Å²) >= 11 is 0. The lowest BCUT2D eigenvalue weighted by atomic mass is 10.1. The Morgan fingerprint density at radius 1 is 1.24 bits per heavy atom. The summed E-state index contributed by atoms with van der Waals surface area (Å²) in [6.45, 7) is 5.44. The van der Waals surface area contributed by atoms with Gasteiger partial charge in [-0.2, -0.15) is 17.0 Å². The molecule has 1 rings (SSSR count). The van der Waals surface area contributed by atoms with Gasteiger partial charge in [-0.3, -0.25) is 0 Å². The molecule has 1 N–H and O–H groups in total. The average molecular weight is 322 g/mol. The molecule has 0 atom stereocenters. The molecule has 1 heterocycles. The molecule has 0 aromatic heterocycles. The summed E-state index contributed by atoms with van der Waals surface area (Å²) < 4.78 is 33.4. The highest BCUT2D eigenvalue weighted by atomic mass is 32.2. The lowest BCUT2D eigenvalue weighted by molar-refractivity contribution is -0.145. The fraction of sp³-hybridized carbons (Fsp3) is 0.923. The minimum absolute atomic E-state index is 0.168. The van der Waals surface area contributed by atoms with Crippen LogP contribution in [0.5, 0.6) is 0 Å². The van der Waals surface area contributed by atoms with Gasteiger partial charge in [-0.05, 0) is 25.7 Å². The second-order valence-electron chi connectivity index (χ2n) is 5.21. The molecule has 0 bridgehead atoms. The Kier molecular flexibility index (Phi) is 7.58. The third-order valence-corrected chi connectivity index (χ3v) is 5.48. The SMILES string of the molecule is CCCN(CCC)S(=O)(=O)N1CCC(OCC(=O)O)CC1. The van der Waals surface area contributed by atoms with Gasteiger partial charge >= 0.3 is 5.97 Å². The second-order valence-corrected chi connectivity index (χ2v) is 7.14. The molecule has 1 saturated heterocycles. The van der Waals surface area contributed by atoms with E-state index in [1.165, 1.54) is 8.61 Å². The van der Waals surface area contributed by atoms with Gasteiger partial charge in [-0.15, -0.1) is 0 Å². The van der Waals surface area contributed by atoms with Crippen LogP contribution in [0.1, 0.15) is 39.5 Å². The maximum absolute atomic E-state index is 12.6. The predicted molar refractivity (Wildman–Crippen MR) is 79.3 cm³/mol. The molecular weight excluding hydrogens is 296 g/mol. The van der Waals surface area contributed by atoms with Crippen LogP contribution < -0.4 is 0 Å². The van der Waals surface area contributed by atoms with E-state index in [0.717, 1.165) is 12.8 Å². The van der Waals surface area contributed by atoms with E-state index < -0.39 is 16.2 Å². The number of carbonyl (C=O) groups is 1. The standard InChI is InChI=1S/C13H26N2O5S/c1-3-7-14(8-4-2)21(18,19)15-9-5-12(6-10-15)20-11-13(16)17/h12H,3-11H2,1-2H3,(H,16,17). The van der Waals surface area contributed by atoms with Crippen molar-refractivity contribution in [1.82, 2.24) is 8.61 Å². The van der Waals surface area contributed by atoms with Gasteiger partial charge in [0.1, 0.15) is 6.61 Å². The van der Waals surface area contributed by atoms with E-state index in [0.29, 0.717) is 39.0 Å². The first kappa shape index (κ1) is 18.3. The first-order valence-corrected chi connectivity index (χ1v) is 8.90. The zero-order chi connectivity index (χ0) is 15.9. The molecule has 0 saturated carbocycles. The molecule has 0 radical (unpaired) electrons. The van der Waals surface area contributed by atoms with E-state index in [-0.39, 0.29) is 12.7 Å². The van der Waals surface area contributed by atoms with Crippen LogP contribution in [0.2, 0.25) is 0 Å². The highest BCUT2D eigenvalue weighted by molar-refractivity contribution is 7.86. The van der Waals surface area contributed by atoms with Gasteiger partial charge in [0.25, 0.3) is 10.2 Å². The molecule has 21 heavy (non-hydrogen) atoms. The van der Waals surface area contributed by atoms with Crippen LogP contribution in [0.25, 0.3) is 0 Å². The number of hydrogen-bond donors (Lipinski definition) is 1. The van der Waals surface area contributed by atoms with Crippen molar-refractivity contribution in [3.05, 3.63) is 0 Å². The molecule has 1 fully saturated rings. The Balaban J connectivity index is 2.56. The zero-order valence-corrected chi connectivity index (χ0v) is 13.6. The van der Waals surface area contributed by atoms with Crippen molar-refractivity contribution in [1.29, 1.82) is 0 Å². The van der Waals surface area contributed by atoms with E-state index in [4.69, 9.17) is 9.84 Å². The van der Waals surface area contributed by atoms with Gasteiger partial charge in [0.05, 0.1) is 6.10 Å². The largest absolute Gasteiger partial charge is 0.480 e. The summed E-state index contributed by atoms with van der Waals surface area (Å²) in [6, 6.07) is 0. The van der Waals surface area contributed by atoms with E-state index in [2.05, 4.69) is 0 Å². The highest BCUT2D eigenvalue weighted by Crippen LogP contribution is 2.19. The van der Waals surface area contributed by atoms with Crippen LogP contribution >= 0.6 is 0 Å². The molecule has 0 amide bonds. The Morgan fingerprint density at radius 3 is 2.19 bits per heavy atom. The molecule has 1 aliphatic heterocycles. The number of rotatable bonds is 9. The summed E-state index contributed by atoms with van der Waals surface area (Å²) in [5, 5.41) is 8.58. The maximum atomic E-state index is 12.6. The summed E-state index contributed by atoms with van der Waals surface area (Å²) in [5.41, 5.74) is 0. The van der Waals surface area contributed by atoms with Gasteiger partial charge in [-0.1, -0.05) is 13.8 Å². The van der Waals surface area contributed by atoms with Crippen LogP contribution in [0.3, 0.4) is 0 Å². The van der Waals surface area contributed by atoms with Crippen LogP contribution in [-0.4, -0.2) is 67.0 Å². The summed E-state index contributed by atoms with van der Waals surface area (Å²) in [6.07, 6.45) is 2.49. The van der Waals surface area contributed by atoms with Gasteiger partial charge in [0.15, 0.2) is 0 Å². The number of hydrogen-bond acceptors (Lipinski definition) is 4. The van der Waals surface area contributed by atoms with Crippen LogP contribution in [0.4, 0.5) is 0 Å². The Morgan fingerprint density at radius 2 is 1.76 bits per heavy atom. The van der Waals surface area contributed by atoms with Crippen molar-refractivity contribution in [3.63, 3.8) is 0 Å². The van der Waals surface area contributed by atoms with Crippen molar-refractivity contribution >= 4 is 16.2 Å². The van der Waals surface area contributed by atoms with Crippen LogP contribution in [0.15, 0.2) is 0 Å². The van der Waals surface area contributed by atoms with E-state index in [9.17, 15) is 13.2 Å². The van der Waals surface area contributed by atoms with E-state index in [1.54, 1.807) is 0 Å². The topological polar surface area (TPSA) is 87.2 Å². The van der Waals surface area contributed by atoms with Gasteiger partial charge in [0.2, 0.25) is 0 Å². The molecule has 1 aliphatic rings. The Bertz CT molecular complexity index is 412. The molecule has 8 heteroatoms. The molecule has 124 valence electrons.